The first-order valence-electron chi connectivity index (χ1n) is 6.78. The molecule has 0 aliphatic heterocycles. The summed E-state index contributed by atoms with van der Waals surface area (Å²) in [6, 6.07) is 0.572. The molecule has 1 heterocycles. The van der Waals surface area contributed by atoms with Gasteiger partial charge in [-0.3, -0.25) is 0 Å². The van der Waals surface area contributed by atoms with Gasteiger partial charge >= 0.3 is 0 Å². The maximum Gasteiger partial charge on any atom is 0.108 e. The van der Waals surface area contributed by atoms with Crippen LogP contribution in [0.1, 0.15) is 40.4 Å². The van der Waals surface area contributed by atoms with Gasteiger partial charge in [-0.15, -0.1) is 0 Å². The lowest BCUT2D eigenvalue weighted by molar-refractivity contribution is 0.346. The fourth-order valence-electron chi connectivity index (χ4n) is 1.93. The van der Waals surface area contributed by atoms with E-state index in [-0.39, 0.29) is 0 Å². The van der Waals surface area contributed by atoms with E-state index in [2.05, 4.69) is 55.7 Å². The molecule has 0 radical (unpaired) electrons. The van der Waals surface area contributed by atoms with Gasteiger partial charge in [0.05, 0.1) is 0 Å². The summed E-state index contributed by atoms with van der Waals surface area (Å²) in [6.07, 6.45) is 5.05. The Morgan fingerprint density at radius 2 is 1.94 bits per heavy atom. The number of nitrogens with zero attached hydrogens (tertiary/aromatic N) is 2. The van der Waals surface area contributed by atoms with Crippen molar-refractivity contribution in [3.05, 3.63) is 18.2 Å². The Labute approximate surface area is 106 Å². The molecule has 98 valence electrons. The molecular weight excluding hydrogens is 210 g/mol. The highest BCUT2D eigenvalue weighted by Gasteiger charge is 2.15. The molecule has 2 unspecified atom stereocenters. The van der Waals surface area contributed by atoms with Crippen molar-refractivity contribution in [1.29, 1.82) is 0 Å². The van der Waals surface area contributed by atoms with Gasteiger partial charge in [-0.25, -0.2) is 4.98 Å². The van der Waals surface area contributed by atoms with Crippen LogP contribution in [0.25, 0.3) is 0 Å². The zero-order chi connectivity index (χ0) is 12.8. The fraction of sp³-hybridized carbons (Fsp3) is 0.786. The van der Waals surface area contributed by atoms with Gasteiger partial charge in [0.1, 0.15) is 5.82 Å². The Bertz CT molecular complexity index is 317. The Morgan fingerprint density at radius 1 is 1.24 bits per heavy atom. The molecule has 1 rings (SSSR count). The average molecular weight is 237 g/mol. The van der Waals surface area contributed by atoms with Crippen molar-refractivity contribution < 1.29 is 0 Å². The number of aryl methyl sites for hydroxylation is 1. The third kappa shape index (κ3) is 4.50. The minimum Gasteiger partial charge on any atom is -0.335 e. The molecule has 0 saturated carbocycles. The summed E-state index contributed by atoms with van der Waals surface area (Å²) in [7, 11) is 0. The maximum absolute atomic E-state index is 4.45. The van der Waals surface area contributed by atoms with E-state index in [1.165, 1.54) is 5.82 Å². The molecule has 0 aliphatic carbocycles. The van der Waals surface area contributed by atoms with Gasteiger partial charge in [0, 0.05) is 31.4 Å². The van der Waals surface area contributed by atoms with Crippen LogP contribution in [0.2, 0.25) is 0 Å². The second-order valence-electron chi connectivity index (χ2n) is 5.35. The molecular formula is C14H27N3. The third-order valence-corrected chi connectivity index (χ3v) is 3.47. The number of nitrogens with one attached hydrogen (secondary N) is 1. The number of aromatic nitrogens is 2. The Balaban J connectivity index is 2.45. The highest BCUT2D eigenvalue weighted by molar-refractivity contribution is 4.94. The minimum absolute atomic E-state index is 0.572. The van der Waals surface area contributed by atoms with Crippen molar-refractivity contribution in [2.24, 2.45) is 11.8 Å². The second-order valence-corrected chi connectivity index (χ2v) is 5.35. The molecule has 3 heteroatoms. The quantitative estimate of drug-likeness (QED) is 0.790. The number of hydrogen-bond donors (Lipinski definition) is 1. The number of imidazole rings is 1. The summed E-state index contributed by atoms with van der Waals surface area (Å²) in [5.74, 6) is 2.56. The summed E-state index contributed by atoms with van der Waals surface area (Å²) in [5, 5.41) is 3.51. The Morgan fingerprint density at radius 3 is 2.53 bits per heavy atom. The van der Waals surface area contributed by atoms with Gasteiger partial charge in [0.25, 0.3) is 0 Å². The van der Waals surface area contributed by atoms with Gasteiger partial charge in [0.15, 0.2) is 0 Å². The molecule has 2 atom stereocenters. The van der Waals surface area contributed by atoms with Crippen LogP contribution in [0.5, 0.6) is 0 Å². The topological polar surface area (TPSA) is 29.9 Å². The highest BCUT2D eigenvalue weighted by atomic mass is 15.0. The first kappa shape index (κ1) is 14.2. The predicted molar refractivity (Wildman–Crippen MR) is 73.1 cm³/mol. The van der Waals surface area contributed by atoms with E-state index < -0.39 is 0 Å². The monoisotopic (exact) mass is 237 g/mol. The third-order valence-electron chi connectivity index (χ3n) is 3.47. The van der Waals surface area contributed by atoms with E-state index >= 15 is 0 Å². The molecule has 0 saturated heterocycles. The first-order valence-corrected chi connectivity index (χ1v) is 6.78. The van der Waals surface area contributed by atoms with Crippen molar-refractivity contribution >= 4 is 0 Å². The Hall–Kier alpha value is -0.830. The van der Waals surface area contributed by atoms with E-state index in [1.807, 2.05) is 6.20 Å². The zero-order valence-electron chi connectivity index (χ0n) is 11.9. The molecule has 0 amide bonds. The van der Waals surface area contributed by atoms with E-state index in [1.54, 1.807) is 0 Å². The van der Waals surface area contributed by atoms with E-state index in [0.29, 0.717) is 17.9 Å². The largest absolute Gasteiger partial charge is 0.335 e. The van der Waals surface area contributed by atoms with Crippen LogP contribution in [-0.2, 0) is 13.0 Å². The van der Waals surface area contributed by atoms with Crippen molar-refractivity contribution in [3.63, 3.8) is 0 Å². The minimum atomic E-state index is 0.572. The van der Waals surface area contributed by atoms with Crippen LogP contribution < -0.4 is 5.32 Å². The van der Waals surface area contributed by atoms with Crippen LogP contribution in [0.4, 0.5) is 0 Å². The van der Waals surface area contributed by atoms with Gasteiger partial charge < -0.3 is 9.88 Å². The maximum atomic E-state index is 4.45. The molecule has 0 aliphatic rings. The molecule has 17 heavy (non-hydrogen) atoms. The van der Waals surface area contributed by atoms with Crippen LogP contribution in [0.3, 0.4) is 0 Å². The van der Waals surface area contributed by atoms with Crippen molar-refractivity contribution in [2.75, 3.05) is 6.54 Å². The van der Waals surface area contributed by atoms with Crippen molar-refractivity contribution in [2.45, 2.75) is 53.6 Å². The van der Waals surface area contributed by atoms with Gasteiger partial charge in [-0.1, -0.05) is 27.7 Å². The lowest BCUT2D eigenvalue weighted by atomic mass is 9.92. The first-order chi connectivity index (χ1) is 8.04. The Kier molecular flexibility index (Phi) is 5.69. The molecule has 1 aromatic heterocycles. The average Bonchev–Trinajstić information content (AvgIpc) is 2.72. The molecule has 3 nitrogen and oxygen atoms in total. The molecule has 0 aromatic carbocycles. The molecule has 1 N–H and O–H groups in total. The highest BCUT2D eigenvalue weighted by Crippen LogP contribution is 2.15. The lowest BCUT2D eigenvalue weighted by Crippen LogP contribution is -2.31. The summed E-state index contributed by atoms with van der Waals surface area (Å²) in [6.45, 7) is 13.3. The molecule has 1 aromatic rings. The smallest absolute Gasteiger partial charge is 0.108 e. The fourth-order valence-corrected chi connectivity index (χ4v) is 1.93. The summed E-state index contributed by atoms with van der Waals surface area (Å²) < 4.78 is 2.24. The van der Waals surface area contributed by atoms with E-state index in [4.69, 9.17) is 0 Å². The van der Waals surface area contributed by atoms with Crippen molar-refractivity contribution in [1.82, 2.24) is 14.9 Å². The van der Waals surface area contributed by atoms with E-state index in [0.717, 1.165) is 19.5 Å². The zero-order valence-corrected chi connectivity index (χ0v) is 11.9. The molecule has 0 bridgehead atoms. The van der Waals surface area contributed by atoms with Crippen LogP contribution in [-0.4, -0.2) is 22.1 Å². The lowest BCUT2D eigenvalue weighted by Gasteiger charge is -2.21. The standard InChI is InChI=1S/C14H27N3/c1-6-17-8-7-15-14(17)9-12(4)13(5)10-16-11(2)3/h7-8,11-13,16H,6,9-10H2,1-5H3. The second kappa shape index (κ2) is 6.80. The molecule has 0 spiro atoms. The van der Waals surface area contributed by atoms with Crippen molar-refractivity contribution in [3.8, 4) is 0 Å². The predicted octanol–water partition coefficient (Wildman–Crippen LogP) is 2.72. The van der Waals surface area contributed by atoms with Crippen LogP contribution in [0, 0.1) is 11.8 Å². The van der Waals surface area contributed by atoms with Crippen LogP contribution in [0.15, 0.2) is 12.4 Å². The van der Waals surface area contributed by atoms with Gasteiger partial charge in [-0.2, -0.15) is 0 Å². The summed E-state index contributed by atoms with van der Waals surface area (Å²) >= 11 is 0. The van der Waals surface area contributed by atoms with Gasteiger partial charge in [0.2, 0.25) is 0 Å². The van der Waals surface area contributed by atoms with E-state index in [9.17, 15) is 0 Å². The number of rotatable bonds is 7. The summed E-state index contributed by atoms with van der Waals surface area (Å²) in [5.41, 5.74) is 0. The molecule has 0 fully saturated rings. The SMILES string of the molecule is CCn1ccnc1CC(C)C(C)CNC(C)C. The van der Waals surface area contributed by atoms with Crippen LogP contribution >= 0.6 is 0 Å². The van der Waals surface area contributed by atoms with Gasteiger partial charge in [-0.05, 0) is 25.3 Å². The normalized spacial score (nSPS) is 15.2. The summed E-state index contributed by atoms with van der Waals surface area (Å²) in [4.78, 5) is 4.45. The number of hydrogen-bond acceptors (Lipinski definition) is 2.